The molecule has 0 atom stereocenters. The van der Waals surface area contributed by atoms with Crippen LogP contribution in [0.25, 0.3) is 11.2 Å². The zero-order chi connectivity index (χ0) is 18.6. The van der Waals surface area contributed by atoms with Crippen LogP contribution in [0.4, 0.5) is 5.82 Å². The van der Waals surface area contributed by atoms with Crippen LogP contribution in [-0.4, -0.2) is 52.4 Å². The number of hydrogen-bond acceptors (Lipinski definition) is 7. The summed E-state index contributed by atoms with van der Waals surface area (Å²) in [5.74, 6) is 2.60. The largest absolute Gasteiger partial charge is 0.494 e. The average Bonchev–Trinajstić information content (AvgIpc) is 3.09. The molecule has 0 spiro atoms. The van der Waals surface area contributed by atoms with Crippen LogP contribution < -0.4 is 9.64 Å². The first-order chi connectivity index (χ1) is 13.2. The van der Waals surface area contributed by atoms with Gasteiger partial charge in [-0.15, -0.1) is 0 Å². The lowest BCUT2D eigenvalue weighted by Crippen LogP contribution is -2.37. The van der Waals surface area contributed by atoms with Gasteiger partial charge in [-0.25, -0.2) is 15.0 Å². The molecule has 1 fully saturated rings. The summed E-state index contributed by atoms with van der Waals surface area (Å²) in [6, 6.07) is 8.18. The number of imidazole rings is 1. The number of aryl methyl sites for hydroxylation is 1. The topological polar surface area (TPSA) is 65.3 Å². The molecule has 3 heterocycles. The Bertz CT molecular complexity index is 906. The molecular weight excluding hydrogens is 362 g/mol. The van der Waals surface area contributed by atoms with Crippen LogP contribution >= 0.6 is 11.8 Å². The van der Waals surface area contributed by atoms with Crippen LogP contribution in [0.15, 0.2) is 35.7 Å². The molecule has 0 saturated carbocycles. The third-order valence-corrected chi connectivity index (χ3v) is 5.35. The number of nitrogens with zero attached hydrogens (tertiary/aromatic N) is 5. The fourth-order valence-corrected chi connectivity index (χ4v) is 3.82. The fourth-order valence-electron chi connectivity index (χ4n) is 3.03. The van der Waals surface area contributed by atoms with Gasteiger partial charge < -0.3 is 18.9 Å². The summed E-state index contributed by atoms with van der Waals surface area (Å²) in [7, 11) is 1.96. The number of fused-ring (bicyclic) bond motifs is 1. The quantitative estimate of drug-likeness (QED) is 0.477. The summed E-state index contributed by atoms with van der Waals surface area (Å²) in [6.45, 7) is 5.75. The van der Waals surface area contributed by atoms with E-state index in [1.165, 1.54) is 5.56 Å². The first kappa shape index (κ1) is 18.1. The van der Waals surface area contributed by atoms with E-state index >= 15 is 0 Å². The number of aromatic nitrogens is 4. The van der Waals surface area contributed by atoms with Crippen molar-refractivity contribution in [3.8, 4) is 5.75 Å². The fraction of sp³-hybridized carbons (Fsp3) is 0.421. The SMILES string of the molecule is CCOc1ccc(CSc2nc(N3CCOCC3)c3ncn(C)c3n2)cc1. The third-order valence-electron chi connectivity index (χ3n) is 4.43. The van der Waals surface area contributed by atoms with Crippen molar-refractivity contribution in [2.75, 3.05) is 37.8 Å². The number of ether oxygens (including phenoxy) is 2. The zero-order valence-electron chi connectivity index (χ0n) is 15.6. The molecule has 1 aromatic carbocycles. The van der Waals surface area contributed by atoms with Crippen LogP contribution in [0.3, 0.4) is 0 Å². The first-order valence-electron chi connectivity index (χ1n) is 9.11. The summed E-state index contributed by atoms with van der Waals surface area (Å²) in [5, 5.41) is 0.765. The Hall–Kier alpha value is -2.32. The van der Waals surface area contributed by atoms with E-state index in [1.54, 1.807) is 18.1 Å². The van der Waals surface area contributed by atoms with Crippen molar-refractivity contribution in [3.63, 3.8) is 0 Å². The lowest BCUT2D eigenvalue weighted by Gasteiger charge is -2.28. The number of hydrogen-bond donors (Lipinski definition) is 0. The molecule has 1 aliphatic heterocycles. The number of benzene rings is 1. The standard InChI is InChI=1S/C19H23N5O2S/c1-3-26-15-6-4-14(5-7-15)12-27-19-21-17-16(20-13-23(17)2)18(22-19)24-8-10-25-11-9-24/h4-7,13H,3,8-12H2,1-2H3. The van der Waals surface area contributed by atoms with E-state index in [9.17, 15) is 0 Å². The molecule has 4 rings (SSSR count). The Kier molecular flexibility index (Phi) is 5.45. The molecular formula is C19H23N5O2S. The Morgan fingerprint density at radius 3 is 2.67 bits per heavy atom. The van der Waals surface area contributed by atoms with Crippen LogP contribution in [0, 0.1) is 0 Å². The number of morpholine rings is 1. The van der Waals surface area contributed by atoms with Gasteiger partial charge in [0.25, 0.3) is 0 Å². The Labute approximate surface area is 162 Å². The molecule has 0 aliphatic carbocycles. The molecule has 0 N–H and O–H groups in total. The molecule has 142 valence electrons. The highest BCUT2D eigenvalue weighted by Crippen LogP contribution is 2.28. The second-order valence-electron chi connectivity index (χ2n) is 6.32. The maximum absolute atomic E-state index is 5.50. The lowest BCUT2D eigenvalue weighted by molar-refractivity contribution is 0.122. The van der Waals surface area contributed by atoms with E-state index in [1.807, 2.05) is 30.7 Å². The van der Waals surface area contributed by atoms with Gasteiger partial charge in [0.1, 0.15) is 5.75 Å². The van der Waals surface area contributed by atoms with Gasteiger partial charge >= 0.3 is 0 Å². The number of anilines is 1. The molecule has 8 heteroatoms. The molecule has 0 amide bonds. The summed E-state index contributed by atoms with van der Waals surface area (Å²) >= 11 is 1.64. The van der Waals surface area contributed by atoms with E-state index in [0.29, 0.717) is 19.8 Å². The van der Waals surface area contributed by atoms with Crippen molar-refractivity contribution < 1.29 is 9.47 Å². The average molecular weight is 385 g/mol. The number of rotatable bonds is 6. The minimum Gasteiger partial charge on any atom is -0.494 e. The Morgan fingerprint density at radius 2 is 1.93 bits per heavy atom. The maximum atomic E-state index is 5.50. The van der Waals surface area contributed by atoms with E-state index in [0.717, 1.165) is 46.7 Å². The lowest BCUT2D eigenvalue weighted by atomic mass is 10.2. The van der Waals surface area contributed by atoms with Gasteiger partial charge in [-0.2, -0.15) is 0 Å². The van der Waals surface area contributed by atoms with Gasteiger partial charge in [0.2, 0.25) is 0 Å². The summed E-state index contributed by atoms with van der Waals surface area (Å²) in [4.78, 5) is 16.3. The maximum Gasteiger partial charge on any atom is 0.191 e. The molecule has 1 aliphatic rings. The van der Waals surface area contributed by atoms with Gasteiger partial charge in [0.15, 0.2) is 22.1 Å². The van der Waals surface area contributed by atoms with Crippen molar-refractivity contribution in [1.82, 2.24) is 19.5 Å². The molecule has 3 aromatic rings. The van der Waals surface area contributed by atoms with E-state index in [2.05, 4.69) is 22.0 Å². The third kappa shape index (κ3) is 4.01. The monoisotopic (exact) mass is 385 g/mol. The first-order valence-corrected chi connectivity index (χ1v) is 10.1. The second-order valence-corrected chi connectivity index (χ2v) is 7.27. The normalized spacial score (nSPS) is 14.7. The zero-order valence-corrected chi connectivity index (χ0v) is 16.4. The van der Waals surface area contributed by atoms with Crippen molar-refractivity contribution in [2.24, 2.45) is 7.05 Å². The Balaban J connectivity index is 1.56. The van der Waals surface area contributed by atoms with Crippen molar-refractivity contribution in [3.05, 3.63) is 36.2 Å². The molecule has 0 unspecified atom stereocenters. The molecule has 2 aromatic heterocycles. The van der Waals surface area contributed by atoms with Gasteiger partial charge in [0.05, 0.1) is 26.1 Å². The van der Waals surface area contributed by atoms with E-state index in [4.69, 9.17) is 19.4 Å². The predicted molar refractivity (Wildman–Crippen MR) is 107 cm³/mol. The smallest absolute Gasteiger partial charge is 0.191 e. The number of thioether (sulfide) groups is 1. The minimum absolute atomic E-state index is 0.678. The van der Waals surface area contributed by atoms with Gasteiger partial charge in [-0.1, -0.05) is 23.9 Å². The summed E-state index contributed by atoms with van der Waals surface area (Å²) in [6.07, 6.45) is 1.80. The van der Waals surface area contributed by atoms with Crippen LogP contribution in [0.5, 0.6) is 5.75 Å². The van der Waals surface area contributed by atoms with E-state index < -0.39 is 0 Å². The molecule has 7 nitrogen and oxygen atoms in total. The van der Waals surface area contributed by atoms with Gasteiger partial charge in [0, 0.05) is 25.9 Å². The van der Waals surface area contributed by atoms with Gasteiger partial charge in [-0.3, -0.25) is 0 Å². The van der Waals surface area contributed by atoms with Crippen molar-refractivity contribution >= 4 is 28.7 Å². The van der Waals surface area contributed by atoms with Gasteiger partial charge in [-0.05, 0) is 24.6 Å². The highest BCUT2D eigenvalue weighted by atomic mass is 32.2. The molecule has 27 heavy (non-hydrogen) atoms. The molecule has 0 radical (unpaired) electrons. The van der Waals surface area contributed by atoms with Crippen molar-refractivity contribution in [1.29, 1.82) is 0 Å². The summed E-state index contributed by atoms with van der Waals surface area (Å²) < 4.78 is 12.9. The van der Waals surface area contributed by atoms with Crippen LogP contribution in [0.1, 0.15) is 12.5 Å². The van der Waals surface area contributed by atoms with Crippen molar-refractivity contribution in [2.45, 2.75) is 17.8 Å². The Morgan fingerprint density at radius 1 is 1.15 bits per heavy atom. The van der Waals surface area contributed by atoms with Crippen LogP contribution in [0.2, 0.25) is 0 Å². The predicted octanol–water partition coefficient (Wildman–Crippen LogP) is 2.89. The van der Waals surface area contributed by atoms with Crippen LogP contribution in [-0.2, 0) is 17.5 Å². The second kappa shape index (κ2) is 8.14. The highest BCUT2D eigenvalue weighted by molar-refractivity contribution is 7.98. The molecule has 1 saturated heterocycles. The highest BCUT2D eigenvalue weighted by Gasteiger charge is 2.20. The summed E-state index contributed by atoms with van der Waals surface area (Å²) in [5.41, 5.74) is 2.93. The van der Waals surface area contributed by atoms with E-state index in [-0.39, 0.29) is 0 Å². The molecule has 0 bridgehead atoms. The minimum atomic E-state index is 0.678.